The Hall–Kier alpha value is -1.69. The van der Waals surface area contributed by atoms with Gasteiger partial charge in [-0.25, -0.2) is 9.97 Å². The summed E-state index contributed by atoms with van der Waals surface area (Å²) in [6.07, 6.45) is 5.26. The third-order valence-electron chi connectivity index (χ3n) is 3.55. The number of rotatable bonds is 5. The largest absolute Gasteiger partial charge is 0.383 e. The number of hydrogen-bond acceptors (Lipinski definition) is 5. The van der Waals surface area contributed by atoms with Gasteiger partial charge >= 0.3 is 0 Å². The van der Waals surface area contributed by atoms with Crippen LogP contribution in [0.5, 0.6) is 0 Å². The van der Waals surface area contributed by atoms with Crippen molar-refractivity contribution < 1.29 is 9.53 Å². The fourth-order valence-electron chi connectivity index (χ4n) is 2.18. The third-order valence-corrected chi connectivity index (χ3v) is 3.55. The molecule has 6 nitrogen and oxygen atoms in total. The monoisotopic (exact) mass is 278 g/mol. The van der Waals surface area contributed by atoms with Crippen LogP contribution >= 0.6 is 0 Å². The highest BCUT2D eigenvalue weighted by Crippen LogP contribution is 2.17. The fraction of sp³-hybridized carbons (Fsp3) is 0.643. The number of piperidine rings is 1. The normalized spacial score (nSPS) is 16.2. The summed E-state index contributed by atoms with van der Waals surface area (Å²) in [5.41, 5.74) is 0.414. The summed E-state index contributed by atoms with van der Waals surface area (Å²) in [6.45, 7) is 5.13. The number of hydrogen-bond donors (Lipinski definition) is 1. The quantitative estimate of drug-likeness (QED) is 0.825. The number of anilines is 1. The van der Waals surface area contributed by atoms with Crippen molar-refractivity contribution in [2.75, 3.05) is 38.7 Å². The average molecular weight is 278 g/mol. The third kappa shape index (κ3) is 3.90. The lowest BCUT2D eigenvalue weighted by molar-refractivity contribution is 0.0691. The maximum Gasteiger partial charge on any atom is 0.274 e. The predicted octanol–water partition coefficient (Wildman–Crippen LogP) is 1.41. The molecule has 0 bridgehead atoms. The van der Waals surface area contributed by atoms with E-state index in [-0.39, 0.29) is 5.91 Å². The Kier molecular flexibility index (Phi) is 5.29. The number of carbonyl (C=O) groups is 1. The lowest BCUT2D eigenvalue weighted by Gasteiger charge is -2.29. The molecule has 110 valence electrons. The van der Waals surface area contributed by atoms with Crippen LogP contribution in [0.15, 0.2) is 12.4 Å². The summed E-state index contributed by atoms with van der Waals surface area (Å²) in [7, 11) is 1.65. The lowest BCUT2D eigenvalue weighted by Crippen LogP contribution is -2.38. The number of nitrogens with zero attached hydrogens (tertiary/aromatic N) is 3. The first-order valence-corrected chi connectivity index (χ1v) is 7.05. The maximum atomic E-state index is 12.3. The highest BCUT2D eigenvalue weighted by Gasteiger charge is 2.22. The van der Waals surface area contributed by atoms with Crippen LogP contribution in [0.2, 0.25) is 0 Å². The van der Waals surface area contributed by atoms with Crippen LogP contribution < -0.4 is 5.32 Å². The summed E-state index contributed by atoms with van der Waals surface area (Å²) >= 11 is 0. The van der Waals surface area contributed by atoms with E-state index in [9.17, 15) is 4.79 Å². The van der Waals surface area contributed by atoms with Crippen LogP contribution in [0.1, 0.15) is 30.3 Å². The Balaban J connectivity index is 1.90. The smallest absolute Gasteiger partial charge is 0.274 e. The molecule has 2 rings (SSSR count). The van der Waals surface area contributed by atoms with Gasteiger partial charge in [0.25, 0.3) is 5.91 Å². The first-order valence-electron chi connectivity index (χ1n) is 7.05. The molecule has 0 unspecified atom stereocenters. The molecule has 1 aromatic heterocycles. The van der Waals surface area contributed by atoms with Gasteiger partial charge in [-0.2, -0.15) is 0 Å². The van der Waals surface area contributed by atoms with Crippen molar-refractivity contribution in [1.82, 2.24) is 14.9 Å². The molecule has 0 radical (unpaired) electrons. The highest BCUT2D eigenvalue weighted by atomic mass is 16.5. The number of methoxy groups -OCH3 is 1. The second-order valence-corrected chi connectivity index (χ2v) is 5.18. The van der Waals surface area contributed by atoms with Crippen molar-refractivity contribution in [2.45, 2.75) is 19.8 Å². The summed E-state index contributed by atoms with van der Waals surface area (Å²) in [5, 5.41) is 3.07. The van der Waals surface area contributed by atoms with Gasteiger partial charge in [0.05, 0.1) is 19.0 Å². The topological polar surface area (TPSA) is 67.3 Å². The van der Waals surface area contributed by atoms with Gasteiger partial charge in [-0.1, -0.05) is 6.92 Å². The molecular formula is C14H22N4O2. The van der Waals surface area contributed by atoms with E-state index in [0.717, 1.165) is 25.9 Å². The summed E-state index contributed by atoms with van der Waals surface area (Å²) in [6, 6.07) is 0. The molecule has 1 saturated heterocycles. The molecule has 1 N–H and O–H groups in total. The van der Waals surface area contributed by atoms with Gasteiger partial charge in [0.1, 0.15) is 11.5 Å². The molecule has 1 aliphatic rings. The molecule has 0 saturated carbocycles. The molecule has 0 atom stereocenters. The van der Waals surface area contributed by atoms with E-state index in [2.05, 4.69) is 22.2 Å². The molecule has 6 heteroatoms. The molecule has 1 aliphatic heterocycles. The minimum Gasteiger partial charge on any atom is -0.383 e. The van der Waals surface area contributed by atoms with Crippen molar-refractivity contribution in [3.63, 3.8) is 0 Å². The van der Waals surface area contributed by atoms with E-state index in [1.54, 1.807) is 13.3 Å². The summed E-state index contributed by atoms with van der Waals surface area (Å²) in [5.74, 6) is 1.34. The van der Waals surface area contributed by atoms with Gasteiger partial charge in [-0.3, -0.25) is 4.79 Å². The molecule has 1 amide bonds. The van der Waals surface area contributed by atoms with E-state index < -0.39 is 0 Å². The van der Waals surface area contributed by atoms with Crippen LogP contribution in [-0.2, 0) is 4.74 Å². The zero-order valence-electron chi connectivity index (χ0n) is 12.1. The number of nitrogens with one attached hydrogen (secondary N) is 1. The van der Waals surface area contributed by atoms with Crippen LogP contribution in [-0.4, -0.2) is 54.1 Å². The van der Waals surface area contributed by atoms with Crippen molar-refractivity contribution in [1.29, 1.82) is 0 Å². The van der Waals surface area contributed by atoms with Gasteiger partial charge in [-0.15, -0.1) is 0 Å². The number of aromatic nitrogens is 2. The highest BCUT2D eigenvalue weighted by molar-refractivity contribution is 5.92. The number of likely N-dealkylation sites (tertiary alicyclic amines) is 1. The fourth-order valence-corrected chi connectivity index (χ4v) is 2.18. The van der Waals surface area contributed by atoms with Crippen molar-refractivity contribution in [2.24, 2.45) is 5.92 Å². The molecule has 2 heterocycles. The Morgan fingerprint density at radius 2 is 2.15 bits per heavy atom. The van der Waals surface area contributed by atoms with Crippen LogP contribution in [0.3, 0.4) is 0 Å². The molecular weight excluding hydrogens is 256 g/mol. The summed E-state index contributed by atoms with van der Waals surface area (Å²) in [4.78, 5) is 22.5. The molecule has 1 fully saturated rings. The predicted molar refractivity (Wildman–Crippen MR) is 76.7 cm³/mol. The van der Waals surface area contributed by atoms with Crippen molar-refractivity contribution in [3.05, 3.63) is 18.1 Å². The maximum absolute atomic E-state index is 12.3. The Morgan fingerprint density at radius 3 is 2.75 bits per heavy atom. The van der Waals surface area contributed by atoms with Gasteiger partial charge in [0.15, 0.2) is 0 Å². The minimum absolute atomic E-state index is 0.0205. The first-order chi connectivity index (χ1) is 9.70. The minimum atomic E-state index is -0.0205. The zero-order chi connectivity index (χ0) is 14.4. The average Bonchev–Trinajstić information content (AvgIpc) is 2.48. The second kappa shape index (κ2) is 7.19. The van der Waals surface area contributed by atoms with E-state index in [4.69, 9.17) is 4.74 Å². The van der Waals surface area contributed by atoms with Gasteiger partial charge in [-0.05, 0) is 18.8 Å². The Bertz CT molecular complexity index is 427. The van der Waals surface area contributed by atoms with Gasteiger partial charge in [0, 0.05) is 26.7 Å². The van der Waals surface area contributed by atoms with Gasteiger partial charge in [0.2, 0.25) is 0 Å². The van der Waals surface area contributed by atoms with E-state index in [1.807, 2.05) is 4.90 Å². The number of ether oxygens (including phenoxy) is 1. The molecule has 0 aliphatic carbocycles. The second-order valence-electron chi connectivity index (χ2n) is 5.18. The standard InChI is InChI=1S/C14H22N4O2/c1-11-3-6-18(7-4-11)14(19)12-9-17-13(10-16-12)15-5-8-20-2/h9-11H,3-8H2,1-2H3,(H,15,17). The van der Waals surface area contributed by atoms with E-state index in [0.29, 0.717) is 30.6 Å². The lowest BCUT2D eigenvalue weighted by atomic mass is 9.99. The Labute approximate surface area is 119 Å². The van der Waals surface area contributed by atoms with Crippen molar-refractivity contribution in [3.8, 4) is 0 Å². The molecule has 0 aromatic carbocycles. The SMILES string of the molecule is COCCNc1cnc(C(=O)N2CCC(C)CC2)cn1. The van der Waals surface area contributed by atoms with Crippen molar-refractivity contribution >= 4 is 11.7 Å². The van der Waals surface area contributed by atoms with E-state index >= 15 is 0 Å². The zero-order valence-corrected chi connectivity index (χ0v) is 12.1. The van der Waals surface area contributed by atoms with Crippen LogP contribution in [0.25, 0.3) is 0 Å². The molecule has 20 heavy (non-hydrogen) atoms. The summed E-state index contributed by atoms with van der Waals surface area (Å²) < 4.78 is 4.94. The van der Waals surface area contributed by atoms with Crippen LogP contribution in [0.4, 0.5) is 5.82 Å². The number of carbonyl (C=O) groups excluding carboxylic acids is 1. The van der Waals surface area contributed by atoms with Crippen LogP contribution in [0, 0.1) is 5.92 Å². The Morgan fingerprint density at radius 1 is 1.40 bits per heavy atom. The van der Waals surface area contributed by atoms with E-state index in [1.165, 1.54) is 6.20 Å². The molecule has 0 spiro atoms. The molecule has 1 aromatic rings. The van der Waals surface area contributed by atoms with Gasteiger partial charge < -0.3 is 15.0 Å². The first kappa shape index (κ1) is 14.7. The number of amides is 1.